The van der Waals surface area contributed by atoms with Crippen LogP contribution in [-0.2, 0) is 22.1 Å². The van der Waals surface area contributed by atoms with Gasteiger partial charge in [0.25, 0.3) is 11.8 Å². The fourth-order valence-corrected chi connectivity index (χ4v) is 5.34. The van der Waals surface area contributed by atoms with Crippen molar-refractivity contribution < 1.29 is 41.8 Å². The molecule has 9 nitrogen and oxygen atoms in total. The maximum atomic E-state index is 13.6. The Balaban J connectivity index is 1.49. The van der Waals surface area contributed by atoms with Crippen molar-refractivity contribution in [3.05, 3.63) is 111 Å². The van der Waals surface area contributed by atoms with E-state index in [0.717, 1.165) is 17.7 Å². The smallest absolute Gasteiger partial charge is 0.416 e. The number of aromatic nitrogens is 1. The number of benzene rings is 3. The van der Waals surface area contributed by atoms with E-state index >= 15 is 0 Å². The number of esters is 2. The molecule has 1 aromatic heterocycles. The van der Waals surface area contributed by atoms with Crippen LogP contribution in [-0.4, -0.2) is 54.3 Å². The average Bonchev–Trinajstić information content (AvgIpc) is 3.06. The number of alkyl halides is 3. The number of amides is 2. The van der Waals surface area contributed by atoms with E-state index in [0.29, 0.717) is 29.7 Å². The maximum Gasteiger partial charge on any atom is 0.416 e. The highest BCUT2D eigenvalue weighted by Gasteiger charge is 2.30. The summed E-state index contributed by atoms with van der Waals surface area (Å²) in [5.74, 6) is -1.93. The molecule has 0 aliphatic carbocycles. The molecular weight excluding hydrogens is 675 g/mol. The van der Waals surface area contributed by atoms with Crippen LogP contribution in [0.5, 0.6) is 5.75 Å². The van der Waals surface area contributed by atoms with E-state index in [-0.39, 0.29) is 57.8 Å². The second-order valence-corrected chi connectivity index (χ2v) is 12.0. The first-order chi connectivity index (χ1) is 23.6. The summed E-state index contributed by atoms with van der Waals surface area (Å²) in [6, 6.07) is 15.3. The summed E-state index contributed by atoms with van der Waals surface area (Å²) in [4.78, 5) is 57.2. The number of hydrogen-bond donors (Lipinski definition) is 1. The topological polar surface area (TPSA) is 115 Å². The van der Waals surface area contributed by atoms with E-state index in [9.17, 15) is 32.3 Å². The van der Waals surface area contributed by atoms with Gasteiger partial charge < -0.3 is 19.7 Å². The summed E-state index contributed by atoms with van der Waals surface area (Å²) in [5, 5.41) is 2.86. The molecule has 0 spiro atoms. The molecule has 1 N–H and O–H groups in total. The molecule has 13 heteroatoms. The van der Waals surface area contributed by atoms with Gasteiger partial charge in [-0.2, -0.15) is 13.2 Å². The Labute approximate surface area is 292 Å². The number of rotatable bonds is 11. The highest BCUT2D eigenvalue weighted by molar-refractivity contribution is 6.32. The molecule has 0 fully saturated rings. The van der Waals surface area contributed by atoms with E-state index in [1.54, 1.807) is 59.1 Å². The Morgan fingerprint density at radius 2 is 1.62 bits per heavy atom. The van der Waals surface area contributed by atoms with Crippen molar-refractivity contribution in [1.82, 2.24) is 9.88 Å². The van der Waals surface area contributed by atoms with Crippen LogP contribution in [0.1, 0.15) is 73.2 Å². The summed E-state index contributed by atoms with van der Waals surface area (Å²) >= 11 is 6.29. The van der Waals surface area contributed by atoms with Crippen LogP contribution in [0.2, 0.25) is 5.02 Å². The Hall–Kier alpha value is -5.23. The van der Waals surface area contributed by atoms with Gasteiger partial charge in [-0.15, -0.1) is 0 Å². The minimum Gasteiger partial charge on any atom is -0.462 e. The van der Waals surface area contributed by atoms with Crippen molar-refractivity contribution in [3.63, 3.8) is 0 Å². The Kier molecular flexibility index (Phi) is 12.0. The summed E-state index contributed by atoms with van der Waals surface area (Å²) in [5.41, 5.74) is 2.20. The van der Waals surface area contributed by atoms with Crippen molar-refractivity contribution in [3.8, 4) is 17.0 Å². The summed E-state index contributed by atoms with van der Waals surface area (Å²) < 4.78 is 49.9. The van der Waals surface area contributed by atoms with E-state index in [1.807, 2.05) is 0 Å². The third-order valence-electron chi connectivity index (χ3n) is 7.54. The molecule has 0 aliphatic heterocycles. The number of nitrogens with one attached hydrogen (secondary N) is 1. The molecule has 0 unspecified atom stereocenters. The first-order valence-electron chi connectivity index (χ1n) is 15.6. The molecule has 0 saturated heterocycles. The number of carbonyl (C=O) groups is 4. The van der Waals surface area contributed by atoms with Gasteiger partial charge in [0, 0.05) is 31.8 Å². The maximum absolute atomic E-state index is 13.6. The van der Waals surface area contributed by atoms with Crippen molar-refractivity contribution in [2.75, 3.05) is 26.0 Å². The Morgan fingerprint density at radius 1 is 0.920 bits per heavy atom. The van der Waals surface area contributed by atoms with Crippen LogP contribution in [0.25, 0.3) is 11.3 Å². The van der Waals surface area contributed by atoms with E-state index < -0.39 is 29.6 Å². The minimum absolute atomic E-state index is 0.0258. The fourth-order valence-electron chi connectivity index (χ4n) is 5.03. The summed E-state index contributed by atoms with van der Waals surface area (Å²) in [7, 11) is 3.13. The van der Waals surface area contributed by atoms with E-state index in [1.165, 1.54) is 35.2 Å². The lowest BCUT2D eigenvalue weighted by molar-refractivity contribution is -0.137. The number of hydrogen-bond acceptors (Lipinski definition) is 7. The highest BCUT2D eigenvalue weighted by atomic mass is 35.5. The molecule has 1 heterocycles. The Morgan fingerprint density at radius 3 is 2.24 bits per heavy atom. The SMILES string of the molecule is CCOC(=O)c1cc(C)c(OC(=O)CCCc2ccc(NC(=O)c3ccc(C)nc3-c3ccc(C(F)(F)F)cc3)c(C(=O)N(C)C)c2)c(Cl)c1. The molecule has 50 heavy (non-hydrogen) atoms. The first kappa shape index (κ1) is 37.6. The number of aryl methyl sites for hydroxylation is 3. The van der Waals surface area contributed by atoms with Gasteiger partial charge >= 0.3 is 18.1 Å². The normalized spacial score (nSPS) is 11.1. The van der Waals surface area contributed by atoms with Gasteiger partial charge in [-0.1, -0.05) is 29.8 Å². The standard InChI is InChI=1S/C37H35ClF3N3O6/c1-6-49-36(48)25-18-21(2)33(29(38)20-25)50-31(45)9-7-8-23-11-17-30(28(19-23)35(47)44(4)5)43-34(46)27-16-10-22(3)42-32(27)24-12-14-26(15-13-24)37(39,40)41/h10-20H,6-9H2,1-5H3,(H,43,46). The van der Waals surface area contributed by atoms with Crippen LogP contribution >= 0.6 is 11.6 Å². The largest absolute Gasteiger partial charge is 0.462 e. The number of anilines is 1. The molecule has 4 rings (SSSR count). The minimum atomic E-state index is -4.52. The second-order valence-electron chi connectivity index (χ2n) is 11.6. The number of halogens is 4. The monoisotopic (exact) mass is 709 g/mol. The van der Waals surface area contributed by atoms with Gasteiger partial charge in [0.2, 0.25) is 0 Å². The van der Waals surface area contributed by atoms with Crippen molar-refractivity contribution in [1.29, 1.82) is 0 Å². The van der Waals surface area contributed by atoms with Gasteiger partial charge in [-0.3, -0.25) is 19.4 Å². The van der Waals surface area contributed by atoms with E-state index in [2.05, 4.69) is 10.3 Å². The third-order valence-corrected chi connectivity index (χ3v) is 7.82. The van der Waals surface area contributed by atoms with Crippen molar-refractivity contribution >= 4 is 41.0 Å². The predicted molar refractivity (Wildman–Crippen MR) is 183 cm³/mol. The average molecular weight is 710 g/mol. The second kappa shape index (κ2) is 16.0. The van der Waals surface area contributed by atoms with Gasteiger partial charge in [0.05, 0.1) is 45.3 Å². The highest BCUT2D eigenvalue weighted by Crippen LogP contribution is 2.33. The zero-order valence-corrected chi connectivity index (χ0v) is 28.8. The van der Waals surface area contributed by atoms with Crippen LogP contribution < -0.4 is 10.1 Å². The van der Waals surface area contributed by atoms with Gasteiger partial charge in [0.1, 0.15) is 0 Å². The zero-order chi connectivity index (χ0) is 36.7. The molecule has 0 radical (unpaired) electrons. The molecule has 0 saturated carbocycles. The van der Waals surface area contributed by atoms with Gasteiger partial charge in [-0.25, -0.2) is 4.79 Å². The molecular formula is C37H35ClF3N3O6. The fraction of sp³-hybridized carbons (Fsp3) is 0.270. The van der Waals surface area contributed by atoms with E-state index in [4.69, 9.17) is 21.1 Å². The number of pyridine rings is 1. The predicted octanol–water partition coefficient (Wildman–Crippen LogP) is 8.10. The first-order valence-corrected chi connectivity index (χ1v) is 16.0. The molecule has 0 aliphatic rings. The number of ether oxygens (including phenoxy) is 2. The van der Waals surface area contributed by atoms with Gasteiger partial charge in [0.15, 0.2) is 5.75 Å². The Bertz CT molecular complexity index is 1900. The number of carbonyl (C=O) groups excluding carboxylic acids is 4. The van der Waals surface area contributed by atoms with Crippen LogP contribution in [0, 0.1) is 13.8 Å². The summed E-state index contributed by atoms with van der Waals surface area (Å²) in [6.45, 7) is 5.25. The zero-order valence-electron chi connectivity index (χ0n) is 28.0. The summed E-state index contributed by atoms with van der Waals surface area (Å²) in [6.07, 6.45) is -3.73. The number of nitrogens with zero attached hydrogens (tertiary/aromatic N) is 2. The molecule has 0 bridgehead atoms. The third kappa shape index (κ3) is 9.26. The van der Waals surface area contributed by atoms with Crippen LogP contribution in [0.3, 0.4) is 0 Å². The van der Waals surface area contributed by atoms with Crippen molar-refractivity contribution in [2.24, 2.45) is 0 Å². The van der Waals surface area contributed by atoms with Crippen LogP contribution in [0.15, 0.2) is 66.7 Å². The quantitative estimate of drug-likeness (QED) is 0.124. The van der Waals surface area contributed by atoms with Gasteiger partial charge in [-0.05, 0) is 93.3 Å². The molecule has 3 aromatic carbocycles. The molecule has 2 amide bonds. The molecule has 262 valence electrons. The lowest BCUT2D eigenvalue weighted by Crippen LogP contribution is -2.24. The molecule has 4 aromatic rings. The molecule has 0 atom stereocenters. The lowest BCUT2D eigenvalue weighted by atomic mass is 10.0. The van der Waals surface area contributed by atoms with Crippen molar-refractivity contribution in [2.45, 2.75) is 46.2 Å². The lowest BCUT2D eigenvalue weighted by Gasteiger charge is -2.17. The van der Waals surface area contributed by atoms with Crippen LogP contribution in [0.4, 0.5) is 18.9 Å².